The summed E-state index contributed by atoms with van der Waals surface area (Å²) in [6, 6.07) is 5.79. The van der Waals surface area contributed by atoms with E-state index < -0.39 is 0 Å². The maximum Gasteiger partial charge on any atom is 0.231 e. The van der Waals surface area contributed by atoms with Crippen molar-refractivity contribution in [3.63, 3.8) is 0 Å². The van der Waals surface area contributed by atoms with Crippen LogP contribution in [0.4, 0.5) is 5.13 Å². The Kier molecular flexibility index (Phi) is 5.25. The number of rotatable bonds is 4. The molecule has 0 N–H and O–H groups in total. The van der Waals surface area contributed by atoms with E-state index in [1.165, 1.54) is 6.42 Å². The highest BCUT2D eigenvalue weighted by Gasteiger charge is 2.31. The molecule has 0 bridgehead atoms. The molecule has 1 aromatic heterocycles. The first-order valence-electron chi connectivity index (χ1n) is 9.20. The SMILES string of the molecule is O=C(C1CCCCC1)N(CC1CCCO1)c1nc2c(Cl)cccc2s1. The molecule has 1 saturated heterocycles. The molecule has 1 aromatic carbocycles. The first-order valence-corrected chi connectivity index (χ1v) is 10.4. The highest BCUT2D eigenvalue weighted by atomic mass is 35.5. The van der Waals surface area contributed by atoms with E-state index in [9.17, 15) is 4.79 Å². The average molecular weight is 379 g/mol. The van der Waals surface area contributed by atoms with E-state index >= 15 is 0 Å². The Morgan fingerprint density at radius 2 is 2.08 bits per heavy atom. The normalized spacial score (nSPS) is 21.7. The van der Waals surface area contributed by atoms with E-state index in [2.05, 4.69) is 0 Å². The van der Waals surface area contributed by atoms with Crippen LogP contribution >= 0.6 is 22.9 Å². The Hall–Kier alpha value is -1.17. The van der Waals surface area contributed by atoms with Crippen molar-refractivity contribution in [3.8, 4) is 0 Å². The molecule has 2 aromatic rings. The third-order valence-electron chi connectivity index (χ3n) is 5.22. The summed E-state index contributed by atoms with van der Waals surface area (Å²) in [5.41, 5.74) is 0.790. The van der Waals surface area contributed by atoms with Gasteiger partial charge in [0, 0.05) is 12.5 Å². The quantitative estimate of drug-likeness (QED) is 0.748. The van der Waals surface area contributed by atoms with Crippen molar-refractivity contribution in [1.29, 1.82) is 0 Å². The van der Waals surface area contributed by atoms with Crippen LogP contribution in [0.2, 0.25) is 5.02 Å². The van der Waals surface area contributed by atoms with Crippen molar-refractivity contribution in [2.75, 3.05) is 18.1 Å². The van der Waals surface area contributed by atoms with Gasteiger partial charge in [-0.15, -0.1) is 0 Å². The molecule has 1 unspecified atom stereocenters. The monoisotopic (exact) mass is 378 g/mol. The number of fused-ring (bicyclic) bond motifs is 1. The fourth-order valence-electron chi connectivity index (χ4n) is 3.84. The van der Waals surface area contributed by atoms with E-state index in [4.69, 9.17) is 21.3 Å². The van der Waals surface area contributed by atoms with Crippen LogP contribution in [0.15, 0.2) is 18.2 Å². The fraction of sp³-hybridized carbons (Fsp3) is 0.579. The number of benzene rings is 1. The molecule has 2 aliphatic rings. The molecule has 4 nitrogen and oxygen atoms in total. The van der Waals surface area contributed by atoms with Crippen LogP contribution in [-0.4, -0.2) is 30.1 Å². The molecule has 2 heterocycles. The summed E-state index contributed by atoms with van der Waals surface area (Å²) in [5.74, 6) is 0.336. The zero-order chi connectivity index (χ0) is 17.2. The lowest BCUT2D eigenvalue weighted by molar-refractivity contribution is -0.123. The number of halogens is 1. The summed E-state index contributed by atoms with van der Waals surface area (Å²) < 4.78 is 6.82. The van der Waals surface area contributed by atoms with Crippen molar-refractivity contribution < 1.29 is 9.53 Å². The van der Waals surface area contributed by atoms with Gasteiger partial charge in [-0.3, -0.25) is 9.69 Å². The van der Waals surface area contributed by atoms with E-state index in [-0.39, 0.29) is 17.9 Å². The minimum atomic E-state index is 0.120. The Labute approximate surface area is 157 Å². The smallest absolute Gasteiger partial charge is 0.231 e. The van der Waals surface area contributed by atoms with E-state index in [0.717, 1.165) is 60.5 Å². The molecule has 134 valence electrons. The Bertz CT molecular complexity index is 751. The number of thiazole rings is 1. The molecule has 1 amide bonds. The second-order valence-electron chi connectivity index (χ2n) is 7.00. The van der Waals surface area contributed by atoms with E-state index in [0.29, 0.717) is 11.6 Å². The maximum absolute atomic E-state index is 13.3. The topological polar surface area (TPSA) is 42.4 Å². The first-order chi connectivity index (χ1) is 12.2. The van der Waals surface area contributed by atoms with Gasteiger partial charge < -0.3 is 4.74 Å². The largest absolute Gasteiger partial charge is 0.376 e. The van der Waals surface area contributed by atoms with Gasteiger partial charge in [0.1, 0.15) is 5.52 Å². The molecule has 1 aliphatic carbocycles. The lowest BCUT2D eigenvalue weighted by Gasteiger charge is -2.29. The number of carbonyl (C=O) groups excluding carboxylic acids is 1. The third kappa shape index (κ3) is 3.69. The summed E-state index contributed by atoms with van der Waals surface area (Å²) in [6.07, 6.45) is 7.73. The van der Waals surface area contributed by atoms with Gasteiger partial charge >= 0.3 is 0 Å². The second kappa shape index (κ2) is 7.60. The van der Waals surface area contributed by atoms with Crippen molar-refractivity contribution in [3.05, 3.63) is 23.2 Å². The number of amides is 1. The zero-order valence-electron chi connectivity index (χ0n) is 14.2. The Balaban J connectivity index is 1.65. The van der Waals surface area contributed by atoms with Crippen LogP contribution < -0.4 is 4.90 Å². The third-order valence-corrected chi connectivity index (χ3v) is 6.57. The van der Waals surface area contributed by atoms with Gasteiger partial charge in [-0.25, -0.2) is 4.98 Å². The van der Waals surface area contributed by atoms with Gasteiger partial charge in [0.05, 0.1) is 22.4 Å². The molecule has 6 heteroatoms. The summed E-state index contributed by atoms with van der Waals surface area (Å²) >= 11 is 7.84. The molecule has 0 spiro atoms. The number of anilines is 1. The first kappa shape index (κ1) is 17.3. The van der Waals surface area contributed by atoms with Crippen LogP contribution in [-0.2, 0) is 9.53 Å². The van der Waals surface area contributed by atoms with Gasteiger partial charge in [0.25, 0.3) is 0 Å². The summed E-state index contributed by atoms with van der Waals surface area (Å²) in [4.78, 5) is 19.8. The van der Waals surface area contributed by atoms with Crippen LogP contribution in [0.25, 0.3) is 10.2 Å². The minimum Gasteiger partial charge on any atom is -0.376 e. The second-order valence-corrected chi connectivity index (χ2v) is 8.42. The number of aromatic nitrogens is 1. The molecule has 1 saturated carbocycles. The van der Waals surface area contributed by atoms with Gasteiger partial charge in [-0.2, -0.15) is 0 Å². The van der Waals surface area contributed by atoms with Gasteiger partial charge in [-0.05, 0) is 37.8 Å². The van der Waals surface area contributed by atoms with E-state index in [1.54, 1.807) is 11.3 Å². The van der Waals surface area contributed by atoms with Gasteiger partial charge in [0.15, 0.2) is 5.13 Å². The lowest BCUT2D eigenvalue weighted by Crippen LogP contribution is -2.41. The molecular formula is C19H23ClN2O2S. The Morgan fingerprint density at radius 1 is 1.24 bits per heavy atom. The van der Waals surface area contributed by atoms with Crippen LogP contribution in [0.1, 0.15) is 44.9 Å². The summed E-state index contributed by atoms with van der Waals surface area (Å²) in [7, 11) is 0. The van der Waals surface area contributed by atoms with Crippen LogP contribution in [0.3, 0.4) is 0 Å². The number of hydrogen-bond acceptors (Lipinski definition) is 4. The maximum atomic E-state index is 13.3. The van der Waals surface area contributed by atoms with Crippen molar-refractivity contribution in [2.24, 2.45) is 5.92 Å². The standard InChI is InChI=1S/C19H23ClN2O2S/c20-15-9-4-10-16-17(15)21-19(25-16)22(12-14-8-5-11-24-14)18(23)13-6-2-1-3-7-13/h4,9-10,13-14H,1-3,5-8,11-12H2. The van der Waals surface area contributed by atoms with Crippen LogP contribution in [0.5, 0.6) is 0 Å². The average Bonchev–Trinajstić information content (AvgIpc) is 3.30. The predicted molar refractivity (Wildman–Crippen MR) is 103 cm³/mol. The molecule has 1 aliphatic heterocycles. The van der Waals surface area contributed by atoms with Crippen molar-refractivity contribution in [1.82, 2.24) is 4.98 Å². The lowest BCUT2D eigenvalue weighted by atomic mass is 9.88. The van der Waals surface area contributed by atoms with Gasteiger partial charge in [0.2, 0.25) is 5.91 Å². The van der Waals surface area contributed by atoms with Crippen molar-refractivity contribution in [2.45, 2.75) is 51.0 Å². The minimum absolute atomic E-state index is 0.120. The zero-order valence-corrected chi connectivity index (χ0v) is 15.8. The molecule has 4 rings (SSSR count). The highest BCUT2D eigenvalue weighted by molar-refractivity contribution is 7.22. The number of ether oxygens (including phenoxy) is 1. The number of para-hydroxylation sites is 1. The number of hydrogen-bond donors (Lipinski definition) is 0. The fourth-order valence-corrected chi connectivity index (χ4v) is 5.12. The molecule has 1 atom stereocenters. The van der Waals surface area contributed by atoms with E-state index in [1.807, 2.05) is 23.1 Å². The molecule has 2 fully saturated rings. The summed E-state index contributed by atoms with van der Waals surface area (Å²) in [5, 5.41) is 1.40. The Morgan fingerprint density at radius 3 is 2.80 bits per heavy atom. The number of carbonyl (C=O) groups is 1. The van der Waals surface area contributed by atoms with Gasteiger partial charge in [-0.1, -0.05) is 48.3 Å². The predicted octanol–water partition coefficient (Wildman–Crippen LogP) is 5.04. The highest BCUT2D eigenvalue weighted by Crippen LogP contribution is 2.35. The van der Waals surface area contributed by atoms with Crippen LogP contribution in [0, 0.1) is 5.92 Å². The summed E-state index contributed by atoms with van der Waals surface area (Å²) in [6.45, 7) is 1.40. The molecule has 0 radical (unpaired) electrons. The molecule has 25 heavy (non-hydrogen) atoms. The number of nitrogens with zero attached hydrogens (tertiary/aromatic N) is 2. The van der Waals surface area contributed by atoms with Crippen molar-refractivity contribution >= 4 is 44.2 Å². The molecular weight excluding hydrogens is 356 g/mol.